The lowest BCUT2D eigenvalue weighted by Crippen LogP contribution is -2.53. The molecule has 6 rings (SSSR count). The quantitative estimate of drug-likeness (QED) is 0.203. The van der Waals surface area contributed by atoms with Gasteiger partial charge in [0.05, 0.1) is 5.56 Å². The number of carbonyl (C=O) groups is 1. The second kappa shape index (κ2) is 11.5. The Labute approximate surface area is 247 Å². The summed E-state index contributed by atoms with van der Waals surface area (Å²) in [6.45, 7) is 5.08. The summed E-state index contributed by atoms with van der Waals surface area (Å²) in [5.41, 5.74) is 5.67. The average Bonchev–Trinajstić information content (AvgIpc) is 3.29. The van der Waals surface area contributed by atoms with E-state index in [4.69, 9.17) is 0 Å². The highest BCUT2D eigenvalue weighted by molar-refractivity contribution is 6.01. The molecule has 4 nitrogen and oxygen atoms in total. The van der Waals surface area contributed by atoms with Crippen molar-refractivity contribution in [3.05, 3.63) is 178 Å². The van der Waals surface area contributed by atoms with Crippen molar-refractivity contribution in [3.8, 4) is 0 Å². The highest BCUT2D eigenvalue weighted by Gasteiger charge is 2.67. The summed E-state index contributed by atoms with van der Waals surface area (Å²) in [6, 6.07) is 46.6. The van der Waals surface area contributed by atoms with Gasteiger partial charge in [-0.05, 0) is 37.1 Å². The second-order valence-electron chi connectivity index (χ2n) is 11.1. The molecule has 4 heteroatoms. The molecule has 5 aromatic rings. The average molecular weight is 552 g/mol. The van der Waals surface area contributed by atoms with Gasteiger partial charge in [0.15, 0.2) is 6.04 Å². The number of amidine groups is 1. The van der Waals surface area contributed by atoms with Gasteiger partial charge >= 0.3 is 5.97 Å². The van der Waals surface area contributed by atoms with Crippen LogP contribution in [0.5, 0.6) is 0 Å². The van der Waals surface area contributed by atoms with Crippen LogP contribution in [0, 0.1) is 13.8 Å². The van der Waals surface area contributed by atoms with Gasteiger partial charge in [-0.1, -0.05) is 139 Å². The summed E-state index contributed by atoms with van der Waals surface area (Å²) in [5, 5.41) is 11.6. The zero-order valence-corrected chi connectivity index (χ0v) is 24.0. The van der Waals surface area contributed by atoms with Crippen molar-refractivity contribution in [2.24, 2.45) is 0 Å². The third-order valence-electron chi connectivity index (χ3n) is 8.28. The van der Waals surface area contributed by atoms with E-state index in [9.17, 15) is 9.90 Å². The fraction of sp³-hybridized carbons (Fsp3) is 0.158. The molecular formula is C38H35N2O2+. The Hall–Kier alpha value is -4.96. The Morgan fingerprint density at radius 3 is 1.74 bits per heavy atom. The zero-order chi connectivity index (χ0) is 29.1. The van der Waals surface area contributed by atoms with Crippen molar-refractivity contribution in [1.29, 1.82) is 0 Å². The minimum atomic E-state index is -1.42. The number of hydrogen-bond donors (Lipinski definition) is 1. The van der Waals surface area contributed by atoms with Crippen molar-refractivity contribution in [1.82, 2.24) is 4.90 Å². The molecule has 2 atom stereocenters. The van der Waals surface area contributed by atoms with Gasteiger partial charge in [0.2, 0.25) is 0 Å². The summed E-state index contributed by atoms with van der Waals surface area (Å²) in [6.07, 6.45) is 0. The second-order valence-corrected chi connectivity index (χ2v) is 11.1. The Bertz CT molecular complexity index is 1700. The van der Waals surface area contributed by atoms with E-state index < -0.39 is 17.6 Å². The maximum Gasteiger partial charge on any atom is 0.362 e. The van der Waals surface area contributed by atoms with Crippen LogP contribution in [0.3, 0.4) is 0 Å². The number of aliphatic carboxylic acids is 1. The molecule has 0 saturated heterocycles. The zero-order valence-electron chi connectivity index (χ0n) is 24.0. The molecule has 1 N–H and O–H groups in total. The smallest absolute Gasteiger partial charge is 0.362 e. The summed E-state index contributed by atoms with van der Waals surface area (Å²) >= 11 is 0. The number of rotatable bonds is 8. The monoisotopic (exact) mass is 551 g/mol. The number of carboxylic acids is 1. The van der Waals surface area contributed by atoms with Crippen LogP contribution in [0.25, 0.3) is 0 Å². The lowest BCUT2D eigenvalue weighted by atomic mass is 9.77. The molecule has 2 unspecified atom stereocenters. The van der Waals surface area contributed by atoms with Gasteiger partial charge in [0.25, 0.3) is 11.4 Å². The minimum Gasteiger partial charge on any atom is -0.477 e. The van der Waals surface area contributed by atoms with Gasteiger partial charge in [-0.15, -0.1) is 0 Å². The minimum absolute atomic E-state index is 0.429. The van der Waals surface area contributed by atoms with E-state index in [1.54, 1.807) is 0 Å². The molecule has 0 fully saturated rings. The van der Waals surface area contributed by atoms with Gasteiger partial charge in [-0.2, -0.15) is 0 Å². The molecule has 0 saturated carbocycles. The predicted molar refractivity (Wildman–Crippen MR) is 167 cm³/mol. The maximum atomic E-state index is 14.2. The fourth-order valence-electron chi connectivity index (χ4n) is 6.29. The largest absolute Gasteiger partial charge is 0.477 e. The normalized spacial score (nSPS) is 18.3. The van der Waals surface area contributed by atoms with E-state index >= 15 is 0 Å². The van der Waals surface area contributed by atoms with Gasteiger partial charge in [-0.3, -0.25) is 0 Å². The van der Waals surface area contributed by atoms with Crippen LogP contribution >= 0.6 is 0 Å². The summed E-state index contributed by atoms with van der Waals surface area (Å²) < 4.78 is 2.31. The van der Waals surface area contributed by atoms with Gasteiger partial charge in [0, 0.05) is 11.1 Å². The Kier molecular flexibility index (Phi) is 7.45. The SMILES string of the molecule is Cc1ccc(C2[N+](Cc3ccccc3)=C(c3ccccc3)N(Cc3ccccc3)C2(C(=O)O)c2ccc(C)cc2)cc1. The molecular weight excluding hydrogens is 516 g/mol. The van der Waals surface area contributed by atoms with Gasteiger partial charge in [-0.25, -0.2) is 14.3 Å². The molecule has 208 valence electrons. The number of nitrogens with zero attached hydrogens (tertiary/aromatic N) is 2. The molecule has 5 aromatic carbocycles. The first-order valence-electron chi connectivity index (χ1n) is 14.4. The Balaban J connectivity index is 1.72. The molecule has 42 heavy (non-hydrogen) atoms. The molecule has 0 amide bonds. The first-order chi connectivity index (χ1) is 20.5. The third kappa shape index (κ3) is 4.90. The van der Waals surface area contributed by atoms with E-state index in [0.717, 1.165) is 44.8 Å². The Morgan fingerprint density at radius 1 is 0.690 bits per heavy atom. The van der Waals surface area contributed by atoms with Crippen LogP contribution in [0.2, 0.25) is 0 Å². The van der Waals surface area contributed by atoms with Crippen LogP contribution < -0.4 is 0 Å². The van der Waals surface area contributed by atoms with E-state index in [0.29, 0.717) is 13.1 Å². The molecule has 0 radical (unpaired) electrons. The summed E-state index contributed by atoms with van der Waals surface area (Å²) in [5.74, 6) is 0.0220. The third-order valence-corrected chi connectivity index (χ3v) is 8.28. The van der Waals surface area contributed by atoms with Crippen LogP contribution in [0.15, 0.2) is 140 Å². The van der Waals surface area contributed by atoms with Crippen LogP contribution in [0.4, 0.5) is 0 Å². The van der Waals surface area contributed by atoms with Crippen LogP contribution in [0.1, 0.15) is 45.0 Å². The predicted octanol–water partition coefficient (Wildman–Crippen LogP) is 7.50. The molecule has 1 aliphatic heterocycles. The van der Waals surface area contributed by atoms with E-state index in [1.165, 1.54) is 0 Å². The molecule has 0 bridgehead atoms. The van der Waals surface area contributed by atoms with Crippen molar-refractivity contribution in [2.75, 3.05) is 0 Å². The maximum absolute atomic E-state index is 14.2. The highest BCUT2D eigenvalue weighted by atomic mass is 16.4. The molecule has 0 spiro atoms. The molecule has 0 aromatic heterocycles. The van der Waals surface area contributed by atoms with Crippen molar-refractivity contribution in [3.63, 3.8) is 0 Å². The Morgan fingerprint density at radius 2 is 1.19 bits per heavy atom. The van der Waals surface area contributed by atoms with Crippen molar-refractivity contribution < 1.29 is 14.5 Å². The standard InChI is InChI=1S/C38H34N2O2/c1-28-18-22-32(23-19-28)35-38(37(41)42,34-24-20-29(2)21-25-34)40(27-31-14-8-4-9-15-31)36(33-16-10-5-11-17-33)39(35)26-30-12-6-3-7-13-30/h3-25,35H,26-27H2,1-2H3/p+1. The summed E-state index contributed by atoms with van der Waals surface area (Å²) in [4.78, 5) is 16.3. The van der Waals surface area contributed by atoms with Crippen molar-refractivity contribution in [2.45, 2.75) is 38.5 Å². The molecule has 0 aliphatic carbocycles. The van der Waals surface area contributed by atoms with Crippen molar-refractivity contribution >= 4 is 11.8 Å². The lowest BCUT2D eigenvalue weighted by Gasteiger charge is -2.35. The number of hydrogen-bond acceptors (Lipinski definition) is 2. The van der Waals surface area contributed by atoms with E-state index in [2.05, 4.69) is 77.1 Å². The molecule has 1 heterocycles. The number of benzene rings is 5. The summed E-state index contributed by atoms with van der Waals surface area (Å²) in [7, 11) is 0. The van der Waals surface area contributed by atoms with E-state index in [-0.39, 0.29) is 0 Å². The van der Waals surface area contributed by atoms with Crippen LogP contribution in [-0.2, 0) is 23.4 Å². The number of aryl methyl sites for hydroxylation is 2. The first kappa shape index (κ1) is 27.2. The first-order valence-corrected chi connectivity index (χ1v) is 14.4. The van der Waals surface area contributed by atoms with Crippen LogP contribution in [-0.4, -0.2) is 26.4 Å². The van der Waals surface area contributed by atoms with Gasteiger partial charge in [0.1, 0.15) is 13.1 Å². The highest BCUT2D eigenvalue weighted by Crippen LogP contribution is 2.50. The van der Waals surface area contributed by atoms with E-state index in [1.807, 2.05) is 85.8 Å². The fourth-order valence-corrected chi connectivity index (χ4v) is 6.29. The number of carboxylic acid groups (broad SMARTS) is 1. The molecule has 1 aliphatic rings. The lowest BCUT2D eigenvalue weighted by molar-refractivity contribution is -0.586. The van der Waals surface area contributed by atoms with Gasteiger partial charge < -0.3 is 5.11 Å². The topological polar surface area (TPSA) is 43.5 Å².